The summed E-state index contributed by atoms with van der Waals surface area (Å²) in [4.78, 5) is 9.91. The van der Waals surface area contributed by atoms with Crippen LogP contribution in [0.3, 0.4) is 0 Å². The van der Waals surface area contributed by atoms with E-state index in [1.54, 1.807) is 6.07 Å². The molecule has 21 heavy (non-hydrogen) atoms. The molecule has 2 aromatic carbocycles. The predicted octanol–water partition coefficient (Wildman–Crippen LogP) is 4.14. The van der Waals surface area contributed by atoms with Gasteiger partial charge in [0.05, 0.1) is 11.0 Å². The van der Waals surface area contributed by atoms with Crippen molar-refractivity contribution in [1.29, 1.82) is 0 Å². The molecule has 0 heterocycles. The Morgan fingerprint density at radius 3 is 2.81 bits per heavy atom. The third-order valence-corrected chi connectivity index (χ3v) is 3.86. The fraction of sp³-hybridized carbons (Fsp3) is 0.250. The minimum absolute atomic E-state index is 0.126. The molecule has 3 rings (SSSR count). The fourth-order valence-electron chi connectivity index (χ4n) is 2.82. The molecule has 0 amide bonds. The second kappa shape index (κ2) is 5.16. The molecule has 0 aromatic heterocycles. The highest BCUT2D eigenvalue weighted by atomic mass is 19.1. The van der Waals surface area contributed by atoms with E-state index in [4.69, 9.17) is 0 Å². The molecule has 0 bridgehead atoms. The highest BCUT2D eigenvalue weighted by Crippen LogP contribution is 2.35. The molecule has 0 saturated carbocycles. The van der Waals surface area contributed by atoms with Gasteiger partial charge in [-0.15, -0.1) is 0 Å². The zero-order valence-electron chi connectivity index (χ0n) is 11.6. The number of aryl methyl sites for hydroxylation is 2. The first kappa shape index (κ1) is 13.5. The molecular weight excluding hydrogens is 271 g/mol. The third kappa shape index (κ3) is 2.59. The van der Waals surface area contributed by atoms with Gasteiger partial charge in [0, 0.05) is 17.8 Å². The Morgan fingerprint density at radius 2 is 2.10 bits per heavy atom. The van der Waals surface area contributed by atoms with Crippen LogP contribution >= 0.6 is 0 Å². The molecule has 1 unspecified atom stereocenters. The van der Waals surface area contributed by atoms with Crippen molar-refractivity contribution in [1.82, 2.24) is 0 Å². The number of nitro groups is 1. The summed E-state index contributed by atoms with van der Waals surface area (Å²) in [5.74, 6) is -0.813. The Kier molecular flexibility index (Phi) is 3.33. The van der Waals surface area contributed by atoms with Crippen LogP contribution in [0.2, 0.25) is 0 Å². The van der Waals surface area contributed by atoms with Crippen LogP contribution in [0.15, 0.2) is 36.4 Å². The average Bonchev–Trinajstić information content (AvgIpc) is 2.81. The van der Waals surface area contributed by atoms with Crippen LogP contribution in [0.4, 0.5) is 15.8 Å². The lowest BCUT2D eigenvalue weighted by Crippen LogP contribution is -2.07. The van der Waals surface area contributed by atoms with Gasteiger partial charge in [-0.2, -0.15) is 4.39 Å². The molecule has 1 N–H and O–H groups in total. The fourth-order valence-corrected chi connectivity index (χ4v) is 2.82. The Morgan fingerprint density at radius 1 is 1.29 bits per heavy atom. The quantitative estimate of drug-likeness (QED) is 0.681. The van der Waals surface area contributed by atoms with Crippen molar-refractivity contribution >= 4 is 11.4 Å². The smallest absolute Gasteiger partial charge is 0.304 e. The van der Waals surface area contributed by atoms with Crippen molar-refractivity contribution in [3.63, 3.8) is 0 Å². The van der Waals surface area contributed by atoms with Crippen LogP contribution in [0.25, 0.3) is 0 Å². The van der Waals surface area contributed by atoms with Crippen molar-refractivity contribution in [2.45, 2.75) is 25.8 Å². The SMILES string of the molecule is Cc1ccc2c(c1)C(Nc1ccc([N+](=O)[O-])c(F)c1)CC2. The van der Waals surface area contributed by atoms with Gasteiger partial charge >= 0.3 is 5.69 Å². The maximum absolute atomic E-state index is 13.7. The van der Waals surface area contributed by atoms with Gasteiger partial charge in [0.25, 0.3) is 0 Å². The molecular formula is C16H15FN2O2. The lowest BCUT2D eigenvalue weighted by atomic mass is 10.0. The third-order valence-electron chi connectivity index (χ3n) is 3.86. The van der Waals surface area contributed by atoms with Crippen molar-refractivity contribution in [2.75, 3.05) is 5.32 Å². The number of halogens is 1. The standard InChI is InChI=1S/C16H15FN2O2/c1-10-2-3-11-4-6-15(13(11)8-10)18-12-5-7-16(19(20)21)14(17)9-12/h2-3,5,7-9,15,18H,4,6H2,1H3. The van der Waals surface area contributed by atoms with Gasteiger partial charge in [-0.1, -0.05) is 23.8 Å². The number of nitrogens with zero attached hydrogens (tertiary/aromatic N) is 1. The monoisotopic (exact) mass is 286 g/mol. The van der Waals surface area contributed by atoms with Gasteiger partial charge in [-0.05, 0) is 37.0 Å². The number of anilines is 1. The summed E-state index contributed by atoms with van der Waals surface area (Å²) in [6, 6.07) is 10.4. The van der Waals surface area contributed by atoms with Gasteiger partial charge in [-0.25, -0.2) is 0 Å². The highest BCUT2D eigenvalue weighted by molar-refractivity contribution is 5.52. The van der Waals surface area contributed by atoms with Gasteiger partial charge in [0.15, 0.2) is 0 Å². The first-order valence-corrected chi connectivity index (χ1v) is 6.84. The van der Waals surface area contributed by atoms with Gasteiger partial charge in [0.2, 0.25) is 5.82 Å². The summed E-state index contributed by atoms with van der Waals surface area (Å²) in [6.45, 7) is 2.04. The zero-order valence-corrected chi connectivity index (χ0v) is 11.6. The molecule has 1 aliphatic carbocycles. The van der Waals surface area contributed by atoms with Crippen molar-refractivity contribution < 1.29 is 9.31 Å². The molecule has 0 spiro atoms. The molecule has 4 nitrogen and oxygen atoms in total. The van der Waals surface area contributed by atoms with Gasteiger partial charge < -0.3 is 5.32 Å². The predicted molar refractivity (Wildman–Crippen MR) is 78.9 cm³/mol. The van der Waals surface area contributed by atoms with Crippen molar-refractivity contribution in [3.8, 4) is 0 Å². The molecule has 108 valence electrons. The van der Waals surface area contributed by atoms with E-state index in [1.165, 1.54) is 28.8 Å². The number of hydrogen-bond acceptors (Lipinski definition) is 3. The van der Waals surface area contributed by atoms with E-state index in [-0.39, 0.29) is 6.04 Å². The lowest BCUT2D eigenvalue weighted by Gasteiger charge is -2.16. The van der Waals surface area contributed by atoms with Crippen molar-refractivity contribution in [3.05, 3.63) is 69.0 Å². The minimum Gasteiger partial charge on any atom is -0.378 e. The van der Waals surface area contributed by atoms with Crippen LogP contribution < -0.4 is 5.32 Å². The summed E-state index contributed by atoms with van der Waals surface area (Å²) < 4.78 is 13.7. The van der Waals surface area contributed by atoms with E-state index < -0.39 is 16.4 Å². The summed E-state index contributed by atoms with van der Waals surface area (Å²) in [5, 5.41) is 13.9. The molecule has 0 radical (unpaired) electrons. The molecule has 0 aliphatic heterocycles. The summed E-state index contributed by atoms with van der Waals surface area (Å²) >= 11 is 0. The average molecular weight is 286 g/mol. The highest BCUT2D eigenvalue weighted by Gasteiger charge is 2.23. The molecule has 1 aliphatic rings. The van der Waals surface area contributed by atoms with E-state index in [0.717, 1.165) is 12.8 Å². The van der Waals surface area contributed by atoms with E-state index in [0.29, 0.717) is 5.69 Å². The number of nitrogens with one attached hydrogen (secondary N) is 1. The van der Waals surface area contributed by atoms with Gasteiger partial charge in [0.1, 0.15) is 0 Å². The second-order valence-corrected chi connectivity index (χ2v) is 5.36. The minimum atomic E-state index is -0.813. The zero-order chi connectivity index (χ0) is 15.0. The van der Waals surface area contributed by atoms with Crippen LogP contribution in [0.1, 0.15) is 29.2 Å². The summed E-state index contributed by atoms with van der Waals surface area (Å²) in [5.41, 5.74) is 3.80. The Bertz CT molecular complexity index is 715. The number of rotatable bonds is 3. The Labute approximate surface area is 121 Å². The summed E-state index contributed by atoms with van der Waals surface area (Å²) in [7, 11) is 0. The molecule has 5 heteroatoms. The lowest BCUT2D eigenvalue weighted by molar-refractivity contribution is -0.387. The molecule has 0 saturated heterocycles. The number of hydrogen-bond donors (Lipinski definition) is 1. The van der Waals surface area contributed by atoms with E-state index in [1.807, 2.05) is 6.92 Å². The first-order chi connectivity index (χ1) is 10.0. The van der Waals surface area contributed by atoms with Crippen LogP contribution in [-0.2, 0) is 6.42 Å². The molecule has 0 fully saturated rings. The Hall–Kier alpha value is -2.43. The number of fused-ring (bicyclic) bond motifs is 1. The molecule has 1 atom stereocenters. The largest absolute Gasteiger partial charge is 0.378 e. The first-order valence-electron chi connectivity index (χ1n) is 6.84. The second-order valence-electron chi connectivity index (χ2n) is 5.36. The summed E-state index contributed by atoms with van der Waals surface area (Å²) in [6.07, 6.45) is 1.93. The van der Waals surface area contributed by atoms with E-state index in [2.05, 4.69) is 23.5 Å². The topological polar surface area (TPSA) is 55.2 Å². The normalized spacial score (nSPS) is 16.6. The van der Waals surface area contributed by atoms with Gasteiger partial charge in [-0.3, -0.25) is 10.1 Å². The Balaban J connectivity index is 1.85. The number of benzene rings is 2. The number of nitro benzene ring substituents is 1. The van der Waals surface area contributed by atoms with E-state index in [9.17, 15) is 14.5 Å². The van der Waals surface area contributed by atoms with E-state index >= 15 is 0 Å². The van der Waals surface area contributed by atoms with Crippen LogP contribution in [0.5, 0.6) is 0 Å². The van der Waals surface area contributed by atoms with Crippen LogP contribution in [0, 0.1) is 22.9 Å². The maximum Gasteiger partial charge on any atom is 0.304 e. The maximum atomic E-state index is 13.7. The van der Waals surface area contributed by atoms with Crippen LogP contribution in [-0.4, -0.2) is 4.92 Å². The van der Waals surface area contributed by atoms with Crippen molar-refractivity contribution in [2.24, 2.45) is 0 Å². The molecule has 2 aromatic rings.